The second-order valence-electron chi connectivity index (χ2n) is 2.47. The molecule has 0 atom stereocenters. The van der Waals surface area contributed by atoms with Gasteiger partial charge in [0.2, 0.25) is 0 Å². The maximum Gasteiger partial charge on any atom is 0.329 e. The van der Waals surface area contributed by atoms with Crippen molar-refractivity contribution in [1.82, 2.24) is 21.1 Å². The molecule has 1 aliphatic heterocycles. The maximum atomic E-state index is 10.8. The number of urea groups is 1. The Morgan fingerprint density at radius 1 is 1.64 bits per heavy atom. The molecule has 2 amide bonds. The minimum atomic E-state index is -0.159. The summed E-state index contributed by atoms with van der Waals surface area (Å²) in [5, 5.41) is 7.49. The average molecular weight is 158 g/mol. The molecule has 5 heteroatoms. The van der Waals surface area contributed by atoms with Crippen molar-refractivity contribution in [1.29, 1.82) is 0 Å². The van der Waals surface area contributed by atoms with E-state index in [1.54, 1.807) is 7.05 Å². The summed E-state index contributed by atoms with van der Waals surface area (Å²) in [6.45, 7) is 2.68. The molecular weight excluding hydrogens is 144 g/mol. The van der Waals surface area contributed by atoms with Gasteiger partial charge in [0.25, 0.3) is 0 Å². The van der Waals surface area contributed by atoms with Gasteiger partial charge in [-0.05, 0) is 13.0 Å². The highest BCUT2D eigenvalue weighted by Gasteiger charge is 2.10. The van der Waals surface area contributed by atoms with Crippen LogP contribution in [0.15, 0.2) is 0 Å². The second kappa shape index (κ2) is 4.15. The largest absolute Gasteiger partial charge is 0.340 e. The monoisotopic (exact) mass is 158 g/mol. The van der Waals surface area contributed by atoms with E-state index >= 15 is 0 Å². The Morgan fingerprint density at radius 2 is 2.45 bits per heavy atom. The van der Waals surface area contributed by atoms with Crippen LogP contribution in [0, 0.1) is 0 Å². The Labute approximate surface area is 66.1 Å². The van der Waals surface area contributed by atoms with E-state index in [9.17, 15) is 4.79 Å². The number of carbonyl (C=O) groups is 1. The zero-order valence-electron chi connectivity index (χ0n) is 6.68. The first-order valence-corrected chi connectivity index (χ1v) is 3.77. The molecule has 0 aromatic rings. The summed E-state index contributed by atoms with van der Waals surface area (Å²) in [7, 11) is 1.60. The Bertz CT molecular complexity index is 133. The number of carbonyl (C=O) groups excluding carboxylic acids is 1. The van der Waals surface area contributed by atoms with Gasteiger partial charge in [-0.25, -0.2) is 9.80 Å². The van der Waals surface area contributed by atoms with Crippen LogP contribution in [0.3, 0.4) is 0 Å². The molecule has 0 saturated carbocycles. The van der Waals surface area contributed by atoms with Crippen LogP contribution in [-0.4, -0.2) is 37.8 Å². The van der Waals surface area contributed by atoms with Crippen LogP contribution in [0.4, 0.5) is 4.79 Å². The van der Waals surface area contributed by atoms with Gasteiger partial charge < -0.3 is 10.6 Å². The quantitative estimate of drug-likeness (QED) is 0.463. The van der Waals surface area contributed by atoms with E-state index in [1.165, 1.54) is 0 Å². The second-order valence-corrected chi connectivity index (χ2v) is 2.47. The van der Waals surface area contributed by atoms with Crippen LogP contribution in [-0.2, 0) is 0 Å². The fraction of sp³-hybridized carbons (Fsp3) is 0.833. The fourth-order valence-electron chi connectivity index (χ4n) is 0.983. The molecule has 11 heavy (non-hydrogen) atoms. The van der Waals surface area contributed by atoms with Gasteiger partial charge in [-0.15, -0.1) is 0 Å². The van der Waals surface area contributed by atoms with E-state index in [0.29, 0.717) is 0 Å². The summed E-state index contributed by atoms with van der Waals surface area (Å²) in [6.07, 6.45) is 1.07. The summed E-state index contributed by atoms with van der Waals surface area (Å²) in [5.74, 6) is 0. The number of hydrogen-bond acceptors (Lipinski definition) is 3. The molecule has 0 aromatic heterocycles. The third-order valence-electron chi connectivity index (χ3n) is 1.57. The lowest BCUT2D eigenvalue weighted by atomic mass is 10.4. The van der Waals surface area contributed by atoms with E-state index in [4.69, 9.17) is 0 Å². The summed E-state index contributed by atoms with van der Waals surface area (Å²) >= 11 is 0. The van der Waals surface area contributed by atoms with E-state index < -0.39 is 0 Å². The van der Waals surface area contributed by atoms with Crippen molar-refractivity contribution in [3.63, 3.8) is 0 Å². The third kappa shape index (κ3) is 2.73. The molecule has 0 aromatic carbocycles. The van der Waals surface area contributed by atoms with Gasteiger partial charge >= 0.3 is 6.03 Å². The van der Waals surface area contributed by atoms with Crippen LogP contribution in [0.25, 0.3) is 0 Å². The molecule has 3 N–H and O–H groups in total. The molecule has 0 unspecified atom stereocenters. The summed E-state index contributed by atoms with van der Waals surface area (Å²) in [4.78, 5) is 10.8. The number of amides is 2. The minimum Gasteiger partial charge on any atom is -0.340 e. The van der Waals surface area contributed by atoms with E-state index in [0.717, 1.165) is 26.2 Å². The van der Waals surface area contributed by atoms with Gasteiger partial charge in [-0.2, -0.15) is 0 Å². The highest BCUT2D eigenvalue weighted by atomic mass is 16.2. The highest BCUT2D eigenvalue weighted by molar-refractivity contribution is 5.72. The summed E-state index contributed by atoms with van der Waals surface area (Å²) < 4.78 is 0. The molecule has 1 fully saturated rings. The molecule has 1 saturated heterocycles. The standard InChI is InChI=1S/C6H14N4O/c1-7-6(11)9-10-4-2-3-8-5-10/h8H,2-5H2,1H3,(H2,7,9,11). The molecule has 0 aliphatic carbocycles. The van der Waals surface area contributed by atoms with Crippen LogP contribution in [0.1, 0.15) is 6.42 Å². The van der Waals surface area contributed by atoms with E-state index in [2.05, 4.69) is 16.1 Å². The first-order chi connectivity index (χ1) is 5.33. The van der Waals surface area contributed by atoms with Crippen LogP contribution < -0.4 is 16.1 Å². The van der Waals surface area contributed by atoms with Gasteiger partial charge in [0.1, 0.15) is 0 Å². The number of rotatable bonds is 1. The Hall–Kier alpha value is -0.810. The van der Waals surface area contributed by atoms with E-state index in [1.807, 2.05) is 5.01 Å². The van der Waals surface area contributed by atoms with Gasteiger partial charge in [-0.1, -0.05) is 0 Å². The Balaban J connectivity index is 2.19. The van der Waals surface area contributed by atoms with Gasteiger partial charge in [0, 0.05) is 13.6 Å². The first-order valence-electron chi connectivity index (χ1n) is 3.77. The maximum absolute atomic E-state index is 10.8. The van der Waals surface area contributed by atoms with Gasteiger partial charge in [0.05, 0.1) is 6.67 Å². The molecule has 0 spiro atoms. The van der Waals surface area contributed by atoms with Crippen molar-refractivity contribution in [2.24, 2.45) is 0 Å². The number of hydrogen-bond donors (Lipinski definition) is 3. The van der Waals surface area contributed by atoms with E-state index in [-0.39, 0.29) is 6.03 Å². The third-order valence-corrected chi connectivity index (χ3v) is 1.57. The molecular formula is C6H14N4O. The van der Waals surface area contributed by atoms with Crippen molar-refractivity contribution in [2.75, 3.05) is 26.8 Å². The number of hydrazine groups is 1. The fourth-order valence-corrected chi connectivity index (χ4v) is 0.983. The topological polar surface area (TPSA) is 56.4 Å². The lowest BCUT2D eigenvalue weighted by molar-refractivity contribution is 0.148. The first kappa shape index (κ1) is 8.29. The predicted octanol–water partition coefficient (Wildman–Crippen LogP) is -0.917. The van der Waals surface area contributed by atoms with Crippen LogP contribution in [0.5, 0.6) is 0 Å². The summed E-state index contributed by atoms with van der Waals surface area (Å²) in [6, 6.07) is -0.159. The molecule has 0 radical (unpaired) electrons. The molecule has 64 valence electrons. The molecule has 0 bridgehead atoms. The van der Waals surface area contributed by atoms with Crippen molar-refractivity contribution in [3.05, 3.63) is 0 Å². The minimum absolute atomic E-state index is 0.159. The number of nitrogens with one attached hydrogen (secondary N) is 3. The van der Waals surface area contributed by atoms with Crippen LogP contribution >= 0.6 is 0 Å². The lowest BCUT2D eigenvalue weighted by Gasteiger charge is -2.27. The average Bonchev–Trinajstić information content (AvgIpc) is 2.06. The zero-order valence-corrected chi connectivity index (χ0v) is 6.68. The number of nitrogens with zero attached hydrogens (tertiary/aromatic N) is 1. The van der Waals surface area contributed by atoms with Crippen molar-refractivity contribution >= 4 is 6.03 Å². The lowest BCUT2D eigenvalue weighted by Crippen LogP contribution is -2.53. The molecule has 1 heterocycles. The van der Waals surface area contributed by atoms with Gasteiger partial charge in [-0.3, -0.25) is 5.43 Å². The zero-order chi connectivity index (χ0) is 8.10. The van der Waals surface area contributed by atoms with Gasteiger partial charge in [0.15, 0.2) is 0 Å². The Kier molecular flexibility index (Phi) is 3.13. The molecule has 1 aliphatic rings. The van der Waals surface area contributed by atoms with Crippen LogP contribution in [0.2, 0.25) is 0 Å². The molecule has 5 nitrogen and oxygen atoms in total. The van der Waals surface area contributed by atoms with Crippen molar-refractivity contribution < 1.29 is 4.79 Å². The van der Waals surface area contributed by atoms with Crippen molar-refractivity contribution in [2.45, 2.75) is 6.42 Å². The highest BCUT2D eigenvalue weighted by Crippen LogP contribution is 1.90. The SMILES string of the molecule is CNC(=O)NN1CCCNC1. The molecule has 1 rings (SSSR count). The van der Waals surface area contributed by atoms with Crippen molar-refractivity contribution in [3.8, 4) is 0 Å². The smallest absolute Gasteiger partial charge is 0.329 e. The Morgan fingerprint density at radius 3 is 3.00 bits per heavy atom. The normalized spacial score (nSPS) is 19.4. The predicted molar refractivity (Wildman–Crippen MR) is 41.8 cm³/mol. The summed E-state index contributed by atoms with van der Waals surface area (Å²) in [5.41, 5.74) is 2.69.